The zero-order valence-electron chi connectivity index (χ0n) is 14.0. The summed E-state index contributed by atoms with van der Waals surface area (Å²) in [7, 11) is 0. The molecule has 2 heterocycles. The van der Waals surface area contributed by atoms with E-state index in [2.05, 4.69) is 25.9 Å². The van der Waals surface area contributed by atoms with Crippen LogP contribution < -0.4 is 5.32 Å². The Morgan fingerprint density at radius 3 is 2.44 bits per heavy atom. The number of hydrogen-bond donors (Lipinski definition) is 2. The standard InChI is InChI=1S/C19H14ClN5O2/c20-15-7-5-12(6-8-15)17-10-9-16(27-17)11-21-19(26)14-3-1-13(2-4-14)18-22-24-25-23-18/h1-10H,11H2,(H,21,26)(H,22,23,24,25). The van der Waals surface area contributed by atoms with Crippen LogP contribution in [0.4, 0.5) is 0 Å². The van der Waals surface area contributed by atoms with Gasteiger partial charge >= 0.3 is 0 Å². The number of rotatable bonds is 5. The number of nitrogens with one attached hydrogen (secondary N) is 2. The highest BCUT2D eigenvalue weighted by atomic mass is 35.5. The van der Waals surface area contributed by atoms with Gasteiger partial charge in [-0.25, -0.2) is 0 Å². The normalized spacial score (nSPS) is 10.7. The number of tetrazole rings is 1. The molecule has 0 unspecified atom stereocenters. The lowest BCUT2D eigenvalue weighted by atomic mass is 10.1. The third kappa shape index (κ3) is 3.88. The molecule has 2 N–H and O–H groups in total. The molecule has 2 aromatic carbocycles. The van der Waals surface area contributed by atoms with Gasteiger partial charge in [-0.05, 0) is 53.7 Å². The fourth-order valence-corrected chi connectivity index (χ4v) is 2.69. The van der Waals surface area contributed by atoms with Crippen molar-refractivity contribution < 1.29 is 9.21 Å². The van der Waals surface area contributed by atoms with Gasteiger partial charge in [-0.2, -0.15) is 5.21 Å². The van der Waals surface area contributed by atoms with E-state index in [1.165, 1.54) is 0 Å². The molecule has 0 bridgehead atoms. The van der Waals surface area contributed by atoms with E-state index in [4.69, 9.17) is 16.0 Å². The van der Waals surface area contributed by atoms with E-state index < -0.39 is 0 Å². The minimum absolute atomic E-state index is 0.195. The Morgan fingerprint density at radius 1 is 1.00 bits per heavy atom. The van der Waals surface area contributed by atoms with E-state index >= 15 is 0 Å². The van der Waals surface area contributed by atoms with Gasteiger partial charge in [0, 0.05) is 21.7 Å². The van der Waals surface area contributed by atoms with E-state index in [-0.39, 0.29) is 5.91 Å². The van der Waals surface area contributed by atoms with Gasteiger partial charge in [0.05, 0.1) is 6.54 Å². The summed E-state index contributed by atoms with van der Waals surface area (Å²) in [5.41, 5.74) is 2.24. The predicted octanol–water partition coefficient (Wildman–Crippen LogP) is 3.71. The van der Waals surface area contributed by atoms with Crippen molar-refractivity contribution in [2.24, 2.45) is 0 Å². The number of carbonyl (C=O) groups is 1. The van der Waals surface area contributed by atoms with Gasteiger partial charge < -0.3 is 9.73 Å². The first-order chi connectivity index (χ1) is 13.2. The fraction of sp³-hybridized carbons (Fsp3) is 0.0526. The maximum atomic E-state index is 12.3. The summed E-state index contributed by atoms with van der Waals surface area (Å²) in [6, 6.07) is 18.0. The summed E-state index contributed by atoms with van der Waals surface area (Å²) in [5.74, 6) is 1.67. The highest BCUT2D eigenvalue weighted by molar-refractivity contribution is 6.30. The minimum Gasteiger partial charge on any atom is -0.459 e. The lowest BCUT2D eigenvalue weighted by Crippen LogP contribution is -2.22. The van der Waals surface area contributed by atoms with Crippen molar-refractivity contribution in [1.82, 2.24) is 25.9 Å². The van der Waals surface area contributed by atoms with Crippen LogP contribution in [-0.4, -0.2) is 26.5 Å². The van der Waals surface area contributed by atoms with Crippen LogP contribution in [0.5, 0.6) is 0 Å². The molecule has 0 saturated heterocycles. The monoisotopic (exact) mass is 379 g/mol. The number of H-pyrrole nitrogens is 1. The molecule has 0 aliphatic rings. The number of benzene rings is 2. The van der Waals surface area contributed by atoms with Crippen molar-refractivity contribution in [2.75, 3.05) is 0 Å². The summed E-state index contributed by atoms with van der Waals surface area (Å²) in [6.45, 7) is 0.291. The van der Waals surface area contributed by atoms with Crippen LogP contribution in [0.3, 0.4) is 0 Å². The summed E-state index contributed by atoms with van der Waals surface area (Å²) in [5, 5.41) is 17.2. The summed E-state index contributed by atoms with van der Waals surface area (Å²) >= 11 is 5.90. The molecule has 134 valence electrons. The second kappa shape index (κ2) is 7.43. The molecule has 4 rings (SSSR count). The molecule has 0 atom stereocenters. The SMILES string of the molecule is O=C(NCc1ccc(-c2ccc(Cl)cc2)o1)c1ccc(-c2nn[nH]n2)cc1. The minimum atomic E-state index is -0.195. The quantitative estimate of drug-likeness (QED) is 0.551. The topological polar surface area (TPSA) is 96.7 Å². The van der Waals surface area contributed by atoms with Crippen LogP contribution in [-0.2, 0) is 6.54 Å². The highest BCUT2D eigenvalue weighted by Gasteiger charge is 2.10. The molecule has 0 spiro atoms. The lowest BCUT2D eigenvalue weighted by Gasteiger charge is -2.04. The molecule has 7 nitrogen and oxygen atoms in total. The average molecular weight is 380 g/mol. The van der Waals surface area contributed by atoms with Gasteiger partial charge in [0.15, 0.2) is 0 Å². The van der Waals surface area contributed by atoms with Crippen LogP contribution in [0.25, 0.3) is 22.7 Å². The Balaban J connectivity index is 1.38. The maximum absolute atomic E-state index is 12.3. The maximum Gasteiger partial charge on any atom is 0.251 e. The first-order valence-electron chi connectivity index (χ1n) is 8.16. The van der Waals surface area contributed by atoms with Crippen LogP contribution >= 0.6 is 11.6 Å². The molecule has 0 radical (unpaired) electrons. The Hall–Kier alpha value is -3.45. The summed E-state index contributed by atoms with van der Waals surface area (Å²) < 4.78 is 5.78. The summed E-state index contributed by atoms with van der Waals surface area (Å²) in [4.78, 5) is 12.3. The molecular weight excluding hydrogens is 366 g/mol. The number of hydrogen-bond acceptors (Lipinski definition) is 5. The molecular formula is C19H14ClN5O2. The fourth-order valence-electron chi connectivity index (χ4n) is 2.57. The van der Waals surface area contributed by atoms with Crippen molar-refractivity contribution in [3.8, 4) is 22.7 Å². The van der Waals surface area contributed by atoms with Gasteiger partial charge in [0.1, 0.15) is 11.5 Å². The lowest BCUT2D eigenvalue weighted by molar-refractivity contribution is 0.0948. The number of amides is 1. The highest BCUT2D eigenvalue weighted by Crippen LogP contribution is 2.23. The Bertz CT molecular complexity index is 1040. The van der Waals surface area contributed by atoms with E-state index in [0.29, 0.717) is 28.7 Å². The van der Waals surface area contributed by atoms with Crippen LogP contribution in [0.15, 0.2) is 65.1 Å². The van der Waals surface area contributed by atoms with E-state index in [0.717, 1.165) is 16.9 Å². The molecule has 0 saturated carbocycles. The molecule has 0 aliphatic heterocycles. The molecule has 0 aliphatic carbocycles. The Labute approximate surface area is 159 Å². The second-order valence-electron chi connectivity index (χ2n) is 5.77. The molecule has 1 amide bonds. The average Bonchev–Trinajstić information content (AvgIpc) is 3.39. The van der Waals surface area contributed by atoms with Gasteiger partial charge in [-0.1, -0.05) is 23.7 Å². The largest absolute Gasteiger partial charge is 0.459 e. The number of aromatic amines is 1. The number of carbonyl (C=O) groups excluding carboxylic acids is 1. The van der Waals surface area contributed by atoms with Crippen molar-refractivity contribution >= 4 is 17.5 Å². The number of nitrogens with zero attached hydrogens (tertiary/aromatic N) is 3. The van der Waals surface area contributed by atoms with Gasteiger partial charge in [0.2, 0.25) is 5.82 Å². The Morgan fingerprint density at radius 2 is 1.74 bits per heavy atom. The predicted molar refractivity (Wildman–Crippen MR) is 99.9 cm³/mol. The van der Waals surface area contributed by atoms with Crippen LogP contribution in [0, 0.1) is 0 Å². The third-order valence-corrected chi connectivity index (χ3v) is 4.22. The molecule has 4 aromatic rings. The van der Waals surface area contributed by atoms with E-state index in [9.17, 15) is 4.79 Å². The van der Waals surface area contributed by atoms with Crippen LogP contribution in [0.1, 0.15) is 16.1 Å². The first kappa shape index (κ1) is 17.0. The van der Waals surface area contributed by atoms with Crippen molar-refractivity contribution in [3.63, 3.8) is 0 Å². The molecule has 0 fully saturated rings. The molecule has 27 heavy (non-hydrogen) atoms. The van der Waals surface area contributed by atoms with E-state index in [1.54, 1.807) is 36.4 Å². The zero-order valence-corrected chi connectivity index (χ0v) is 14.8. The molecule has 8 heteroatoms. The van der Waals surface area contributed by atoms with Gasteiger partial charge in [0.25, 0.3) is 5.91 Å². The smallest absolute Gasteiger partial charge is 0.251 e. The van der Waals surface area contributed by atoms with E-state index in [1.807, 2.05) is 24.3 Å². The van der Waals surface area contributed by atoms with Gasteiger partial charge in [-0.15, -0.1) is 10.2 Å². The molecule has 2 aromatic heterocycles. The summed E-state index contributed by atoms with van der Waals surface area (Å²) in [6.07, 6.45) is 0. The zero-order chi connectivity index (χ0) is 18.6. The number of furan rings is 1. The van der Waals surface area contributed by atoms with Gasteiger partial charge in [-0.3, -0.25) is 4.79 Å². The van der Waals surface area contributed by atoms with Crippen molar-refractivity contribution in [3.05, 3.63) is 77.0 Å². The third-order valence-electron chi connectivity index (χ3n) is 3.96. The van der Waals surface area contributed by atoms with Crippen molar-refractivity contribution in [1.29, 1.82) is 0 Å². The van der Waals surface area contributed by atoms with Crippen LogP contribution in [0.2, 0.25) is 5.02 Å². The second-order valence-corrected chi connectivity index (χ2v) is 6.20. The number of aromatic nitrogens is 4. The van der Waals surface area contributed by atoms with Crippen molar-refractivity contribution in [2.45, 2.75) is 6.54 Å². The first-order valence-corrected chi connectivity index (χ1v) is 8.53. The number of halogens is 1. The Kier molecular flexibility index (Phi) is 4.67.